The molecule has 3 heterocycles. The first-order chi connectivity index (χ1) is 15.1. The Balaban J connectivity index is 1.18. The molecule has 2 aromatic carbocycles. The normalized spacial score (nSPS) is 23.8. The number of hydrazone groups is 1. The molecule has 0 radical (unpaired) electrons. The molecule has 5 rings (SSSR count). The summed E-state index contributed by atoms with van der Waals surface area (Å²) in [6.07, 6.45) is 5.11. The lowest BCUT2D eigenvalue weighted by atomic mass is 9.99. The fourth-order valence-corrected chi connectivity index (χ4v) is 4.90. The summed E-state index contributed by atoms with van der Waals surface area (Å²) in [5.41, 5.74) is 11.4. The van der Waals surface area contributed by atoms with E-state index in [0.717, 1.165) is 17.3 Å². The molecular weight excluding hydrogens is 408 g/mol. The molecule has 160 valence electrons. The molecule has 0 spiro atoms. The van der Waals surface area contributed by atoms with Crippen molar-refractivity contribution in [1.29, 1.82) is 0 Å². The predicted molar refractivity (Wildman–Crippen MR) is 125 cm³/mol. The van der Waals surface area contributed by atoms with Gasteiger partial charge in [-0.15, -0.1) is 0 Å². The van der Waals surface area contributed by atoms with E-state index in [9.17, 15) is 4.79 Å². The number of fused-ring (bicyclic) bond motifs is 3. The smallest absolute Gasteiger partial charge is 0.234 e. The van der Waals surface area contributed by atoms with Crippen molar-refractivity contribution < 1.29 is 4.79 Å². The third kappa shape index (κ3) is 4.13. The quantitative estimate of drug-likeness (QED) is 0.686. The number of nitrogens with zero attached hydrogens (tertiary/aromatic N) is 3. The first kappa shape index (κ1) is 20.0. The highest BCUT2D eigenvalue weighted by Crippen LogP contribution is 2.35. The van der Waals surface area contributed by atoms with Gasteiger partial charge < -0.3 is 15.2 Å². The molecule has 3 aliphatic heterocycles. The average Bonchev–Trinajstić information content (AvgIpc) is 3.38. The molecule has 31 heavy (non-hydrogen) atoms. The summed E-state index contributed by atoms with van der Waals surface area (Å²) in [7, 11) is 0. The summed E-state index contributed by atoms with van der Waals surface area (Å²) in [6, 6.07) is 17.0. The Morgan fingerprint density at radius 3 is 2.55 bits per heavy atom. The highest BCUT2D eigenvalue weighted by Gasteiger charge is 2.44. The van der Waals surface area contributed by atoms with Crippen molar-refractivity contribution in [3.8, 4) is 0 Å². The molecule has 1 fully saturated rings. The number of amidine groups is 1. The third-order valence-corrected chi connectivity index (χ3v) is 6.82. The van der Waals surface area contributed by atoms with Crippen molar-refractivity contribution in [1.82, 2.24) is 20.8 Å². The van der Waals surface area contributed by atoms with Crippen LogP contribution in [0.3, 0.4) is 0 Å². The SMILES string of the molecule is Cc1ccc(NC(=O)CSC2=NNC3C4CC(c5ccc(C)cc5)NN4C=CN23)cc1. The molecule has 0 bridgehead atoms. The second-order valence-corrected chi connectivity index (χ2v) is 9.12. The van der Waals surface area contributed by atoms with Gasteiger partial charge in [0.1, 0.15) is 6.17 Å². The molecule has 3 aliphatic rings. The van der Waals surface area contributed by atoms with Crippen LogP contribution in [0.4, 0.5) is 5.69 Å². The minimum atomic E-state index is -0.0374. The van der Waals surface area contributed by atoms with Crippen LogP contribution in [-0.2, 0) is 4.79 Å². The summed E-state index contributed by atoms with van der Waals surface area (Å²) in [6.45, 7) is 4.13. The van der Waals surface area contributed by atoms with Crippen LogP contribution in [0.1, 0.15) is 29.2 Å². The molecule has 3 unspecified atom stereocenters. The van der Waals surface area contributed by atoms with Crippen LogP contribution in [0.2, 0.25) is 0 Å². The molecule has 1 saturated heterocycles. The number of hydrazine groups is 1. The fourth-order valence-electron chi connectivity index (χ4n) is 4.13. The van der Waals surface area contributed by atoms with Crippen LogP contribution in [0.15, 0.2) is 66.0 Å². The predicted octanol–water partition coefficient (Wildman–Crippen LogP) is 3.28. The van der Waals surface area contributed by atoms with Gasteiger partial charge in [-0.05, 0) is 38.0 Å². The molecule has 2 aromatic rings. The van der Waals surface area contributed by atoms with Crippen molar-refractivity contribution in [3.63, 3.8) is 0 Å². The lowest BCUT2D eigenvalue weighted by Gasteiger charge is -2.36. The molecule has 8 heteroatoms. The first-order valence-electron chi connectivity index (χ1n) is 10.5. The summed E-state index contributed by atoms with van der Waals surface area (Å²) < 4.78 is 0. The van der Waals surface area contributed by atoms with Crippen molar-refractivity contribution in [2.24, 2.45) is 5.10 Å². The summed E-state index contributed by atoms with van der Waals surface area (Å²) >= 11 is 1.44. The number of thioether (sulfide) groups is 1. The Morgan fingerprint density at radius 2 is 1.81 bits per heavy atom. The monoisotopic (exact) mass is 434 g/mol. The summed E-state index contributed by atoms with van der Waals surface area (Å²) in [5, 5.41) is 10.4. The number of benzene rings is 2. The van der Waals surface area contributed by atoms with Gasteiger partial charge in [-0.3, -0.25) is 10.2 Å². The van der Waals surface area contributed by atoms with Crippen LogP contribution in [0.5, 0.6) is 0 Å². The maximum Gasteiger partial charge on any atom is 0.234 e. The number of anilines is 1. The first-order valence-corrected chi connectivity index (χ1v) is 11.5. The molecule has 3 atom stereocenters. The van der Waals surface area contributed by atoms with E-state index in [1.165, 1.54) is 28.5 Å². The van der Waals surface area contributed by atoms with Gasteiger partial charge in [-0.1, -0.05) is 59.3 Å². The van der Waals surface area contributed by atoms with Gasteiger partial charge in [0, 0.05) is 18.1 Å². The van der Waals surface area contributed by atoms with E-state index in [2.05, 4.69) is 68.6 Å². The zero-order chi connectivity index (χ0) is 21.4. The Morgan fingerprint density at radius 1 is 1.10 bits per heavy atom. The minimum absolute atomic E-state index is 0.0374. The van der Waals surface area contributed by atoms with Gasteiger partial charge in [0.2, 0.25) is 5.91 Å². The minimum Gasteiger partial charge on any atom is -0.325 e. The lowest BCUT2D eigenvalue weighted by Crippen LogP contribution is -2.54. The standard InChI is InChI=1S/C23H26N6OS/c1-15-3-7-17(8-4-15)19-13-20-22-25-26-23(28(22)11-12-29(20)27-19)31-14-21(30)24-18-9-5-16(2)6-10-18/h3-12,19-20,22,25,27H,13-14H2,1-2H3,(H,24,30). The number of carbonyl (C=O) groups excluding carboxylic acids is 1. The van der Waals surface area contributed by atoms with Crippen molar-refractivity contribution in [2.45, 2.75) is 38.5 Å². The average molecular weight is 435 g/mol. The van der Waals surface area contributed by atoms with Crippen LogP contribution >= 0.6 is 11.8 Å². The number of carbonyl (C=O) groups is 1. The van der Waals surface area contributed by atoms with Crippen LogP contribution in [-0.4, -0.2) is 38.9 Å². The lowest BCUT2D eigenvalue weighted by molar-refractivity contribution is -0.113. The maximum atomic E-state index is 12.4. The van der Waals surface area contributed by atoms with E-state index in [4.69, 9.17) is 0 Å². The Hall–Kier alpha value is -2.97. The molecule has 1 amide bonds. The zero-order valence-electron chi connectivity index (χ0n) is 17.6. The zero-order valence-corrected chi connectivity index (χ0v) is 18.4. The molecule has 0 saturated carbocycles. The van der Waals surface area contributed by atoms with Gasteiger partial charge in [0.15, 0.2) is 5.17 Å². The number of hydrogen-bond donors (Lipinski definition) is 3. The Labute approximate surface area is 186 Å². The van der Waals surface area contributed by atoms with Gasteiger partial charge in [-0.25, -0.2) is 5.43 Å². The Kier molecular flexibility index (Phi) is 5.33. The highest BCUT2D eigenvalue weighted by molar-refractivity contribution is 8.14. The van der Waals surface area contributed by atoms with Gasteiger partial charge in [0.05, 0.1) is 17.8 Å². The van der Waals surface area contributed by atoms with E-state index < -0.39 is 0 Å². The second kappa shape index (κ2) is 8.28. The number of rotatable bonds is 4. The Bertz CT molecular complexity index is 1020. The highest BCUT2D eigenvalue weighted by atomic mass is 32.2. The van der Waals surface area contributed by atoms with Crippen LogP contribution < -0.4 is 16.2 Å². The second-order valence-electron chi connectivity index (χ2n) is 8.18. The summed E-state index contributed by atoms with van der Waals surface area (Å²) in [4.78, 5) is 14.5. The van der Waals surface area contributed by atoms with Crippen molar-refractivity contribution in [3.05, 3.63) is 77.6 Å². The summed E-state index contributed by atoms with van der Waals surface area (Å²) in [5.74, 6) is 0.272. The van der Waals surface area contributed by atoms with Crippen molar-refractivity contribution in [2.75, 3.05) is 11.1 Å². The molecule has 0 aliphatic carbocycles. The largest absolute Gasteiger partial charge is 0.325 e. The number of hydrogen-bond acceptors (Lipinski definition) is 7. The van der Waals surface area contributed by atoms with Crippen LogP contribution in [0.25, 0.3) is 0 Å². The van der Waals surface area contributed by atoms with E-state index in [1.54, 1.807) is 0 Å². The third-order valence-electron chi connectivity index (χ3n) is 5.85. The molecule has 7 nitrogen and oxygen atoms in total. The van der Waals surface area contributed by atoms with E-state index in [1.807, 2.05) is 37.4 Å². The van der Waals surface area contributed by atoms with E-state index in [0.29, 0.717) is 5.75 Å². The fraction of sp³-hybridized carbons (Fsp3) is 0.304. The molecular formula is C23H26N6OS. The number of nitrogens with one attached hydrogen (secondary N) is 3. The van der Waals surface area contributed by atoms with Crippen molar-refractivity contribution >= 4 is 28.5 Å². The number of aryl methyl sites for hydroxylation is 2. The molecule has 0 aromatic heterocycles. The van der Waals surface area contributed by atoms with E-state index in [-0.39, 0.29) is 24.2 Å². The van der Waals surface area contributed by atoms with Gasteiger partial charge in [0.25, 0.3) is 0 Å². The van der Waals surface area contributed by atoms with Gasteiger partial charge in [-0.2, -0.15) is 5.10 Å². The topological polar surface area (TPSA) is 72.0 Å². The van der Waals surface area contributed by atoms with Gasteiger partial charge >= 0.3 is 0 Å². The maximum absolute atomic E-state index is 12.4. The number of amides is 1. The van der Waals surface area contributed by atoms with Crippen LogP contribution in [0, 0.1) is 13.8 Å². The molecule has 3 N–H and O–H groups in total. The van der Waals surface area contributed by atoms with E-state index >= 15 is 0 Å².